The zero-order chi connectivity index (χ0) is 19.9. The minimum atomic E-state index is -0.319. The van der Waals surface area contributed by atoms with Crippen LogP contribution in [0.1, 0.15) is 39.0 Å². The molecular weight excluding hydrogens is 372 g/mol. The lowest BCUT2D eigenvalue weighted by atomic mass is 10.1. The van der Waals surface area contributed by atoms with Gasteiger partial charge in [0.2, 0.25) is 0 Å². The van der Waals surface area contributed by atoms with E-state index in [0.717, 1.165) is 22.5 Å². The van der Waals surface area contributed by atoms with Gasteiger partial charge in [-0.2, -0.15) is 5.10 Å². The maximum absolute atomic E-state index is 12.3. The monoisotopic (exact) mass is 394 g/mol. The predicted octanol–water partition coefficient (Wildman–Crippen LogP) is 3.94. The number of thiazole rings is 1. The van der Waals surface area contributed by atoms with Crippen LogP contribution in [-0.2, 0) is 13.0 Å². The predicted molar refractivity (Wildman–Crippen MR) is 113 cm³/mol. The second-order valence-electron chi connectivity index (χ2n) is 6.13. The van der Waals surface area contributed by atoms with E-state index in [9.17, 15) is 4.79 Å². The highest BCUT2D eigenvalue weighted by atomic mass is 32.1. The Morgan fingerprint density at radius 3 is 2.79 bits per heavy atom. The van der Waals surface area contributed by atoms with Crippen molar-refractivity contribution in [3.8, 4) is 5.75 Å². The highest BCUT2D eigenvalue weighted by Gasteiger charge is 2.15. The Kier molecular flexibility index (Phi) is 6.39. The summed E-state index contributed by atoms with van der Waals surface area (Å²) in [5, 5.41) is 4.45. The number of para-hydroxylation sites is 1. The number of benzene rings is 2. The smallest absolute Gasteiger partial charge is 0.283 e. The maximum atomic E-state index is 12.3. The van der Waals surface area contributed by atoms with Crippen molar-refractivity contribution >= 4 is 28.6 Å². The molecule has 3 aromatic rings. The topological polar surface area (TPSA) is 89.6 Å². The lowest BCUT2D eigenvalue weighted by molar-refractivity contribution is 0.0958. The zero-order valence-corrected chi connectivity index (χ0v) is 16.6. The van der Waals surface area contributed by atoms with Crippen molar-refractivity contribution in [3.05, 3.63) is 75.8 Å². The summed E-state index contributed by atoms with van der Waals surface area (Å²) in [4.78, 5) is 17.0. The van der Waals surface area contributed by atoms with E-state index in [2.05, 4.69) is 28.5 Å². The van der Waals surface area contributed by atoms with Gasteiger partial charge < -0.3 is 10.5 Å². The number of hydrogen-bond acceptors (Lipinski definition) is 6. The SMILES string of the molecule is CCc1nc(N)sc1C(=O)NN=Cc1ccccc1OCc1ccccc1C. The molecule has 0 aliphatic carbocycles. The number of nitrogens with zero attached hydrogens (tertiary/aromatic N) is 2. The molecule has 7 heteroatoms. The molecule has 0 radical (unpaired) electrons. The van der Waals surface area contributed by atoms with Crippen LogP contribution in [0.15, 0.2) is 53.6 Å². The number of ether oxygens (including phenoxy) is 1. The molecule has 0 unspecified atom stereocenters. The van der Waals surface area contributed by atoms with Gasteiger partial charge in [0.25, 0.3) is 5.91 Å². The van der Waals surface area contributed by atoms with Crippen LogP contribution in [0.5, 0.6) is 5.75 Å². The highest BCUT2D eigenvalue weighted by molar-refractivity contribution is 7.17. The van der Waals surface area contributed by atoms with E-state index < -0.39 is 0 Å². The first-order chi connectivity index (χ1) is 13.6. The zero-order valence-electron chi connectivity index (χ0n) is 15.8. The third-order valence-electron chi connectivity index (χ3n) is 4.19. The van der Waals surface area contributed by atoms with Gasteiger partial charge in [-0.05, 0) is 36.6 Å². The normalized spacial score (nSPS) is 10.9. The molecule has 28 heavy (non-hydrogen) atoms. The van der Waals surface area contributed by atoms with E-state index >= 15 is 0 Å². The Hall–Kier alpha value is -3.19. The molecule has 0 fully saturated rings. The summed E-state index contributed by atoms with van der Waals surface area (Å²) in [7, 11) is 0. The van der Waals surface area contributed by atoms with Crippen LogP contribution in [0.3, 0.4) is 0 Å². The highest BCUT2D eigenvalue weighted by Crippen LogP contribution is 2.21. The molecule has 1 aromatic heterocycles. The summed E-state index contributed by atoms with van der Waals surface area (Å²) < 4.78 is 5.96. The largest absolute Gasteiger partial charge is 0.488 e. The number of nitrogens with two attached hydrogens (primary N) is 1. The molecular formula is C21H22N4O2S. The molecule has 2 aromatic carbocycles. The first kappa shape index (κ1) is 19.6. The van der Waals surface area contributed by atoms with E-state index in [1.807, 2.05) is 49.4 Å². The van der Waals surface area contributed by atoms with Gasteiger partial charge in [0, 0.05) is 5.56 Å². The van der Waals surface area contributed by atoms with Crippen LogP contribution in [0.2, 0.25) is 0 Å². The van der Waals surface area contributed by atoms with E-state index in [4.69, 9.17) is 10.5 Å². The summed E-state index contributed by atoms with van der Waals surface area (Å²) in [6.45, 7) is 4.44. The molecule has 0 saturated carbocycles. The number of carbonyl (C=O) groups is 1. The van der Waals surface area contributed by atoms with Crippen LogP contribution < -0.4 is 15.9 Å². The Labute approximate surface area is 168 Å². The Morgan fingerprint density at radius 2 is 2.00 bits per heavy atom. The number of aryl methyl sites for hydroxylation is 2. The Morgan fingerprint density at radius 1 is 1.25 bits per heavy atom. The number of anilines is 1. The molecule has 0 aliphatic rings. The van der Waals surface area contributed by atoms with Crippen molar-refractivity contribution < 1.29 is 9.53 Å². The molecule has 1 heterocycles. The summed E-state index contributed by atoms with van der Waals surface area (Å²) in [6, 6.07) is 15.6. The molecule has 0 spiro atoms. The van der Waals surface area contributed by atoms with Gasteiger partial charge in [0.15, 0.2) is 5.13 Å². The van der Waals surface area contributed by atoms with Crippen molar-refractivity contribution in [2.24, 2.45) is 5.10 Å². The van der Waals surface area contributed by atoms with Crippen LogP contribution in [0, 0.1) is 6.92 Å². The van der Waals surface area contributed by atoms with Gasteiger partial charge in [-0.25, -0.2) is 10.4 Å². The van der Waals surface area contributed by atoms with E-state index in [1.165, 1.54) is 5.56 Å². The van der Waals surface area contributed by atoms with Crippen LogP contribution in [0.25, 0.3) is 0 Å². The number of nitrogen functional groups attached to an aromatic ring is 1. The van der Waals surface area contributed by atoms with Crippen molar-refractivity contribution in [2.45, 2.75) is 26.9 Å². The fourth-order valence-corrected chi connectivity index (χ4v) is 3.46. The number of amides is 1. The Balaban J connectivity index is 1.67. The summed E-state index contributed by atoms with van der Waals surface area (Å²) >= 11 is 1.16. The molecule has 0 bridgehead atoms. The van der Waals surface area contributed by atoms with Crippen molar-refractivity contribution in [2.75, 3.05) is 5.73 Å². The van der Waals surface area contributed by atoms with Gasteiger partial charge in [0.05, 0.1) is 11.9 Å². The van der Waals surface area contributed by atoms with E-state index in [-0.39, 0.29) is 5.91 Å². The summed E-state index contributed by atoms with van der Waals surface area (Å²) in [6.07, 6.45) is 2.21. The molecule has 0 aliphatic heterocycles. The molecule has 0 atom stereocenters. The number of hydrogen-bond donors (Lipinski definition) is 2. The average Bonchev–Trinajstić information content (AvgIpc) is 3.09. The van der Waals surface area contributed by atoms with Crippen molar-refractivity contribution in [3.63, 3.8) is 0 Å². The molecule has 144 valence electrons. The minimum absolute atomic E-state index is 0.319. The average molecular weight is 395 g/mol. The molecule has 3 rings (SSSR count). The lowest BCUT2D eigenvalue weighted by Gasteiger charge is -2.10. The third kappa shape index (κ3) is 4.75. The number of carbonyl (C=O) groups excluding carboxylic acids is 1. The van der Waals surface area contributed by atoms with Crippen molar-refractivity contribution in [1.82, 2.24) is 10.4 Å². The second kappa shape index (κ2) is 9.14. The first-order valence-corrected chi connectivity index (χ1v) is 9.75. The standard InChI is InChI=1S/C21H22N4O2S/c1-3-17-19(28-21(22)24-17)20(26)25-23-12-15-9-6-7-11-18(15)27-13-16-10-5-4-8-14(16)2/h4-12H,3,13H2,1-2H3,(H2,22,24)(H,25,26). The quantitative estimate of drug-likeness (QED) is 0.469. The van der Waals surface area contributed by atoms with Crippen molar-refractivity contribution in [1.29, 1.82) is 0 Å². The fraction of sp³-hybridized carbons (Fsp3) is 0.190. The summed E-state index contributed by atoms with van der Waals surface area (Å²) in [5.74, 6) is 0.376. The molecule has 3 N–H and O–H groups in total. The molecule has 6 nitrogen and oxygen atoms in total. The third-order valence-corrected chi connectivity index (χ3v) is 5.11. The Bertz CT molecular complexity index is 998. The molecule has 0 saturated heterocycles. The summed E-state index contributed by atoms with van der Waals surface area (Å²) in [5.41, 5.74) is 12.0. The van der Waals surface area contributed by atoms with E-state index in [1.54, 1.807) is 6.21 Å². The van der Waals surface area contributed by atoms with Gasteiger partial charge in [0.1, 0.15) is 17.2 Å². The molecule has 1 amide bonds. The van der Waals surface area contributed by atoms with E-state index in [0.29, 0.717) is 34.5 Å². The van der Waals surface area contributed by atoms with Gasteiger partial charge in [-0.15, -0.1) is 0 Å². The lowest BCUT2D eigenvalue weighted by Crippen LogP contribution is -2.17. The number of hydrazone groups is 1. The number of nitrogens with one attached hydrogen (secondary N) is 1. The van der Waals surface area contributed by atoms with Gasteiger partial charge in [-0.3, -0.25) is 4.79 Å². The number of aromatic nitrogens is 1. The van der Waals surface area contributed by atoms with Crippen LogP contribution >= 0.6 is 11.3 Å². The minimum Gasteiger partial charge on any atom is -0.488 e. The van der Waals surface area contributed by atoms with Crippen LogP contribution in [-0.4, -0.2) is 17.1 Å². The van der Waals surface area contributed by atoms with Gasteiger partial charge in [-0.1, -0.05) is 54.7 Å². The first-order valence-electron chi connectivity index (χ1n) is 8.93. The van der Waals surface area contributed by atoms with Crippen LogP contribution in [0.4, 0.5) is 5.13 Å². The number of rotatable bonds is 7. The second-order valence-corrected chi connectivity index (χ2v) is 7.16. The maximum Gasteiger partial charge on any atom is 0.283 e. The fourth-order valence-electron chi connectivity index (χ4n) is 2.64. The van der Waals surface area contributed by atoms with Gasteiger partial charge >= 0.3 is 0 Å².